The van der Waals surface area contributed by atoms with E-state index >= 15 is 0 Å². The fraction of sp³-hybridized carbons (Fsp3) is 1.00. The first kappa shape index (κ1) is 65.6. The quantitative estimate of drug-likeness (QED) is 0.0403. The Morgan fingerprint density at radius 2 is 0.561 bits per heavy atom. The summed E-state index contributed by atoms with van der Waals surface area (Å²) in [5.74, 6) is 0. The van der Waals surface area contributed by atoms with Gasteiger partial charge in [-0.15, -0.1) is 0 Å². The van der Waals surface area contributed by atoms with Crippen LogP contribution in [-0.2, 0) is 0 Å². The third-order valence-corrected chi connectivity index (χ3v) is 9.37. The summed E-state index contributed by atoms with van der Waals surface area (Å²) in [5.41, 5.74) is 32.3. The molecule has 0 amide bonds. The largest absolute Gasteiger partial charge is 0.330 e. The number of nitrogens with two attached hydrogens (primary N) is 6. The summed E-state index contributed by atoms with van der Waals surface area (Å²) >= 11 is 0. The van der Waals surface area contributed by atoms with Crippen LogP contribution < -0.4 is 45.0 Å². The molecular formula is C45H112N12. The summed E-state index contributed by atoms with van der Waals surface area (Å²) in [6, 6.07) is 2.56. The number of unbranched alkanes of at least 4 members (excludes halogenated alkanes) is 10. The molecule has 14 N–H and O–H groups in total. The Morgan fingerprint density at radius 3 is 0.789 bits per heavy atom. The number of likely N-dealkylation sites (N-methyl/N-ethyl adjacent to an activating group) is 1. The molecule has 0 aromatic rings. The molecular weight excluding hydrogens is 709 g/mol. The average molecular weight is 821 g/mol. The first-order valence-corrected chi connectivity index (χ1v) is 23.6. The number of rotatable bonds is 34. The van der Waals surface area contributed by atoms with Crippen molar-refractivity contribution < 1.29 is 0 Å². The van der Waals surface area contributed by atoms with Crippen LogP contribution in [0.5, 0.6) is 0 Å². The van der Waals surface area contributed by atoms with Crippen LogP contribution in [0.4, 0.5) is 0 Å². The van der Waals surface area contributed by atoms with Crippen molar-refractivity contribution in [2.75, 3.05) is 120 Å². The van der Waals surface area contributed by atoms with Gasteiger partial charge in [0.15, 0.2) is 0 Å². The van der Waals surface area contributed by atoms with Gasteiger partial charge in [0.2, 0.25) is 0 Å². The normalized spacial score (nSPS) is 11.3. The van der Waals surface area contributed by atoms with Gasteiger partial charge < -0.3 is 54.8 Å². The summed E-state index contributed by atoms with van der Waals surface area (Å²) in [5, 5.41) is 6.99. The second-order valence-electron chi connectivity index (χ2n) is 17.0. The maximum atomic E-state index is 5.46. The molecule has 0 unspecified atom stereocenters. The average Bonchev–Trinajstić information content (AvgIpc) is 3.14. The van der Waals surface area contributed by atoms with E-state index in [2.05, 4.69) is 99.7 Å². The van der Waals surface area contributed by atoms with E-state index in [1.165, 1.54) is 122 Å². The standard InChI is InChI=1S/C15H36N4.C11H26N2.C8H20N2.C7H18N2.C4H12N2/c16-10-4-1-6-12-18-14-8-3-9-15-19-13-7-2-5-11-17;1-10(2)13(11(3)4)9-7-5-6-8-12;1-7(2)10(6-5-9)8(3)4;1-9(2)7-5-3-4-6-8;1-6(2)4-3-5/h18-19H,1-17H2;10-11H,5-9,12H2,1-4H3;7-8H,5-6,9H2,1-4H3;3-8H2,1-2H3;3-5H2,1-2H3. The van der Waals surface area contributed by atoms with Crippen molar-refractivity contribution in [1.82, 2.24) is 30.2 Å². The van der Waals surface area contributed by atoms with Crippen LogP contribution in [0.2, 0.25) is 0 Å². The number of nitrogens with zero attached hydrogens (tertiary/aromatic N) is 4. The Balaban J connectivity index is -0.000000208. The second kappa shape index (κ2) is 55.5. The Hall–Kier alpha value is -0.480. The predicted molar refractivity (Wildman–Crippen MR) is 260 cm³/mol. The summed E-state index contributed by atoms with van der Waals surface area (Å²) in [4.78, 5) is 9.19. The van der Waals surface area contributed by atoms with Gasteiger partial charge in [-0.1, -0.05) is 32.1 Å². The van der Waals surface area contributed by atoms with Crippen molar-refractivity contribution in [3.05, 3.63) is 0 Å². The van der Waals surface area contributed by atoms with Gasteiger partial charge in [-0.3, -0.25) is 9.80 Å². The van der Waals surface area contributed by atoms with Crippen LogP contribution in [0.15, 0.2) is 0 Å². The van der Waals surface area contributed by atoms with E-state index in [1.807, 2.05) is 14.1 Å². The van der Waals surface area contributed by atoms with Crippen LogP contribution >= 0.6 is 0 Å². The van der Waals surface area contributed by atoms with Crippen LogP contribution in [0.1, 0.15) is 152 Å². The molecule has 0 spiro atoms. The highest BCUT2D eigenvalue weighted by molar-refractivity contribution is 4.68. The van der Waals surface area contributed by atoms with Crippen LogP contribution in [0.3, 0.4) is 0 Å². The first-order chi connectivity index (χ1) is 27.1. The lowest BCUT2D eigenvalue weighted by Crippen LogP contribution is -2.40. The third-order valence-electron chi connectivity index (χ3n) is 9.37. The Morgan fingerprint density at radius 1 is 0.298 bits per heavy atom. The predicted octanol–water partition coefficient (Wildman–Crippen LogP) is 5.08. The van der Waals surface area contributed by atoms with Gasteiger partial charge in [0, 0.05) is 50.3 Å². The second-order valence-corrected chi connectivity index (χ2v) is 17.0. The molecule has 0 aliphatic heterocycles. The molecule has 352 valence electrons. The van der Waals surface area contributed by atoms with Gasteiger partial charge >= 0.3 is 0 Å². The van der Waals surface area contributed by atoms with Crippen molar-refractivity contribution in [1.29, 1.82) is 0 Å². The molecule has 0 aliphatic rings. The summed E-state index contributed by atoms with van der Waals surface area (Å²) in [7, 11) is 8.21. The van der Waals surface area contributed by atoms with Gasteiger partial charge in [0.05, 0.1) is 0 Å². The SMILES string of the molecule is CC(C)N(CCCCCN)C(C)C.CC(C)N(CCN)C(C)C.CN(C)CCCCCN.CN(C)CCN.NCCCCCNCCCCCNCCCCCN. The lowest BCUT2D eigenvalue weighted by molar-refractivity contribution is 0.171. The van der Waals surface area contributed by atoms with Crippen molar-refractivity contribution in [3.63, 3.8) is 0 Å². The minimum Gasteiger partial charge on any atom is -0.330 e. The number of hydrogen-bond donors (Lipinski definition) is 8. The van der Waals surface area contributed by atoms with Crippen LogP contribution in [0.25, 0.3) is 0 Å². The Kier molecular flexibility index (Phi) is 63.9. The molecule has 0 bridgehead atoms. The molecule has 0 saturated carbocycles. The van der Waals surface area contributed by atoms with Gasteiger partial charge in [-0.05, 0) is 213 Å². The van der Waals surface area contributed by atoms with Crippen molar-refractivity contribution in [3.8, 4) is 0 Å². The van der Waals surface area contributed by atoms with Gasteiger partial charge in [0.25, 0.3) is 0 Å². The minimum atomic E-state index is 0.614. The van der Waals surface area contributed by atoms with E-state index in [9.17, 15) is 0 Å². The van der Waals surface area contributed by atoms with E-state index in [-0.39, 0.29) is 0 Å². The number of nitrogens with one attached hydrogen (secondary N) is 2. The van der Waals surface area contributed by atoms with E-state index in [1.54, 1.807) is 0 Å². The molecule has 12 nitrogen and oxygen atoms in total. The van der Waals surface area contributed by atoms with E-state index in [4.69, 9.17) is 34.4 Å². The molecule has 0 fully saturated rings. The highest BCUT2D eigenvalue weighted by atomic mass is 15.2. The summed E-state index contributed by atoms with van der Waals surface area (Å²) in [6.07, 6.45) is 18.8. The molecule has 0 aromatic carbocycles. The zero-order valence-corrected chi connectivity index (χ0v) is 41.1. The maximum Gasteiger partial charge on any atom is 0.0110 e. The zero-order valence-electron chi connectivity index (χ0n) is 41.1. The lowest BCUT2D eigenvalue weighted by atomic mass is 10.2. The monoisotopic (exact) mass is 821 g/mol. The van der Waals surface area contributed by atoms with Crippen molar-refractivity contribution >= 4 is 0 Å². The van der Waals surface area contributed by atoms with E-state index in [0.29, 0.717) is 24.2 Å². The highest BCUT2D eigenvalue weighted by Crippen LogP contribution is 2.07. The molecule has 12 heteroatoms. The fourth-order valence-corrected chi connectivity index (χ4v) is 6.07. The van der Waals surface area contributed by atoms with Gasteiger partial charge in [-0.25, -0.2) is 0 Å². The molecule has 0 saturated heterocycles. The number of hydrogen-bond acceptors (Lipinski definition) is 12. The summed E-state index contributed by atoms with van der Waals surface area (Å²) in [6.45, 7) is 31.8. The molecule has 57 heavy (non-hydrogen) atoms. The fourth-order valence-electron chi connectivity index (χ4n) is 6.07. The molecule has 0 radical (unpaired) electrons. The topological polar surface area (TPSA) is 193 Å². The zero-order chi connectivity index (χ0) is 44.5. The van der Waals surface area contributed by atoms with Crippen molar-refractivity contribution in [2.45, 2.75) is 176 Å². The Labute approximate surface area is 359 Å². The molecule has 0 atom stereocenters. The van der Waals surface area contributed by atoms with Crippen LogP contribution in [-0.4, -0.2) is 164 Å². The minimum absolute atomic E-state index is 0.614. The summed E-state index contributed by atoms with van der Waals surface area (Å²) < 4.78 is 0. The van der Waals surface area contributed by atoms with Crippen LogP contribution in [0, 0.1) is 0 Å². The maximum absolute atomic E-state index is 5.46. The Bertz CT molecular complexity index is 634. The highest BCUT2D eigenvalue weighted by Gasteiger charge is 2.12. The first-order valence-electron chi connectivity index (χ1n) is 23.6. The van der Waals surface area contributed by atoms with E-state index in [0.717, 1.165) is 65.4 Å². The lowest BCUT2D eigenvalue weighted by Gasteiger charge is -2.30. The van der Waals surface area contributed by atoms with E-state index < -0.39 is 0 Å². The molecule has 0 aliphatic carbocycles. The molecule has 0 heterocycles. The van der Waals surface area contributed by atoms with Gasteiger partial charge in [-0.2, -0.15) is 0 Å². The molecule has 0 aromatic heterocycles. The van der Waals surface area contributed by atoms with Crippen molar-refractivity contribution in [2.24, 2.45) is 34.4 Å². The smallest absolute Gasteiger partial charge is 0.0110 e. The molecule has 0 rings (SSSR count). The van der Waals surface area contributed by atoms with Gasteiger partial charge in [0.1, 0.15) is 0 Å². The third kappa shape index (κ3) is 64.9.